The monoisotopic (exact) mass is 638 g/mol. The van der Waals surface area contributed by atoms with E-state index in [1.807, 2.05) is 97.1 Å². The van der Waals surface area contributed by atoms with Crippen molar-refractivity contribution >= 4 is 39.4 Å². The molecule has 0 bridgehead atoms. The van der Waals surface area contributed by atoms with Gasteiger partial charge in [0.25, 0.3) is 5.91 Å². The summed E-state index contributed by atoms with van der Waals surface area (Å²) < 4.78 is 81.1. The summed E-state index contributed by atoms with van der Waals surface area (Å²) in [6, 6.07) is 38.0. The zero-order valence-electron chi connectivity index (χ0n) is 24.5. The molecule has 3 nitrogen and oxygen atoms in total. The number of nitrogens with zero attached hydrogens (tertiary/aromatic N) is 2. The highest BCUT2D eigenvalue weighted by Gasteiger charge is 2.38. The Kier molecular flexibility index (Phi) is 7.27. The van der Waals surface area contributed by atoms with Crippen LogP contribution in [0.2, 0.25) is 0 Å². The first-order valence-electron chi connectivity index (χ1n) is 14.7. The van der Waals surface area contributed by atoms with Crippen molar-refractivity contribution in [3.63, 3.8) is 0 Å². The van der Waals surface area contributed by atoms with E-state index in [0.29, 0.717) is 28.8 Å². The summed E-state index contributed by atoms with van der Waals surface area (Å²) in [4.78, 5) is 16.9. The Bertz CT molecular complexity index is 2040. The number of alkyl halides is 6. The Hall–Kier alpha value is -5.57. The molecule has 0 unspecified atom stereocenters. The van der Waals surface area contributed by atoms with Crippen LogP contribution in [0.4, 0.5) is 49.1 Å². The van der Waals surface area contributed by atoms with E-state index in [0.717, 1.165) is 33.6 Å². The molecule has 0 saturated carbocycles. The molecule has 234 valence electrons. The van der Waals surface area contributed by atoms with Gasteiger partial charge in [0.05, 0.1) is 23.4 Å². The van der Waals surface area contributed by atoms with Crippen LogP contribution in [0.15, 0.2) is 133 Å². The molecule has 1 amide bonds. The normalized spacial score (nSPS) is 13.0. The van der Waals surface area contributed by atoms with Crippen LogP contribution in [0.25, 0.3) is 21.9 Å². The minimum Gasteiger partial charge on any atom is -0.311 e. The fraction of sp³-hybridized carbons (Fsp3) is 0.0789. The van der Waals surface area contributed by atoms with Crippen molar-refractivity contribution in [2.45, 2.75) is 18.9 Å². The molecule has 1 aliphatic heterocycles. The average Bonchev–Trinajstić information content (AvgIpc) is 3.33. The summed E-state index contributed by atoms with van der Waals surface area (Å²) in [6.45, 7) is -0.460. The highest BCUT2D eigenvalue weighted by atomic mass is 19.4. The second-order valence-corrected chi connectivity index (χ2v) is 11.2. The van der Waals surface area contributed by atoms with E-state index in [1.165, 1.54) is 4.90 Å². The maximum atomic E-state index is 13.6. The van der Waals surface area contributed by atoms with Crippen LogP contribution >= 0.6 is 0 Å². The van der Waals surface area contributed by atoms with Crippen molar-refractivity contribution in [1.29, 1.82) is 0 Å². The zero-order valence-corrected chi connectivity index (χ0v) is 24.5. The standard InChI is InChI=1S/C38H24F6N2O/c39-37(40,41)26-20-24(21-27(22-26)38(42,43)44)23-45-34-19-18-31(32-12-7-13-33(35(32)34)36(45)47)25-14-16-30(17-15-25)46(28-8-3-1-4-9-28)29-10-5-2-6-11-29/h1-22H,23H2. The van der Waals surface area contributed by atoms with Gasteiger partial charge in [0.1, 0.15) is 0 Å². The van der Waals surface area contributed by atoms with Crippen molar-refractivity contribution in [3.8, 4) is 11.1 Å². The molecule has 47 heavy (non-hydrogen) atoms. The second kappa shape index (κ2) is 11.3. The van der Waals surface area contributed by atoms with Crippen molar-refractivity contribution < 1.29 is 31.1 Å². The number of rotatable bonds is 6. The van der Waals surface area contributed by atoms with E-state index in [9.17, 15) is 31.1 Å². The van der Waals surface area contributed by atoms with Crippen molar-refractivity contribution in [3.05, 3.63) is 156 Å². The summed E-state index contributed by atoms with van der Waals surface area (Å²) in [5, 5.41) is 1.34. The van der Waals surface area contributed by atoms with Gasteiger partial charge in [-0.3, -0.25) is 4.79 Å². The zero-order chi connectivity index (χ0) is 32.9. The minimum atomic E-state index is -4.99. The van der Waals surface area contributed by atoms with E-state index in [1.54, 1.807) is 18.2 Å². The largest absolute Gasteiger partial charge is 0.416 e. The molecule has 7 rings (SSSR count). The van der Waals surface area contributed by atoms with Gasteiger partial charge in [-0.2, -0.15) is 26.3 Å². The third-order valence-corrected chi connectivity index (χ3v) is 8.24. The highest BCUT2D eigenvalue weighted by molar-refractivity contribution is 6.26. The molecule has 1 aliphatic rings. The van der Waals surface area contributed by atoms with Gasteiger partial charge in [-0.1, -0.05) is 66.7 Å². The molecular weight excluding hydrogens is 614 g/mol. The third kappa shape index (κ3) is 5.58. The van der Waals surface area contributed by atoms with E-state index < -0.39 is 35.9 Å². The third-order valence-electron chi connectivity index (χ3n) is 8.24. The lowest BCUT2D eigenvalue weighted by Gasteiger charge is -2.25. The van der Waals surface area contributed by atoms with E-state index in [2.05, 4.69) is 4.90 Å². The molecule has 6 aromatic rings. The molecule has 6 aromatic carbocycles. The Morgan fingerprint density at radius 2 is 1.11 bits per heavy atom. The smallest absolute Gasteiger partial charge is 0.311 e. The summed E-state index contributed by atoms with van der Waals surface area (Å²) in [6.07, 6.45) is -9.98. The van der Waals surface area contributed by atoms with Gasteiger partial charge in [-0.15, -0.1) is 0 Å². The van der Waals surface area contributed by atoms with Crippen LogP contribution in [0.3, 0.4) is 0 Å². The molecule has 0 saturated heterocycles. The predicted octanol–water partition coefficient (Wildman–Crippen LogP) is 11.2. The van der Waals surface area contributed by atoms with Gasteiger partial charge in [-0.25, -0.2) is 0 Å². The number of para-hydroxylation sites is 2. The predicted molar refractivity (Wildman–Crippen MR) is 171 cm³/mol. The average molecular weight is 639 g/mol. The molecule has 0 aromatic heterocycles. The number of benzene rings is 6. The number of carbonyl (C=O) groups is 1. The Balaban J connectivity index is 1.26. The van der Waals surface area contributed by atoms with Gasteiger partial charge in [0.15, 0.2) is 0 Å². The van der Waals surface area contributed by atoms with Gasteiger partial charge in [-0.05, 0) is 88.8 Å². The molecular formula is C38H24F6N2O. The van der Waals surface area contributed by atoms with Crippen LogP contribution in [-0.2, 0) is 18.9 Å². The molecule has 1 heterocycles. The molecule has 0 aliphatic carbocycles. The van der Waals surface area contributed by atoms with Crippen LogP contribution in [-0.4, -0.2) is 5.91 Å². The number of halogens is 6. The highest BCUT2D eigenvalue weighted by Crippen LogP contribution is 2.44. The first-order valence-corrected chi connectivity index (χ1v) is 14.7. The van der Waals surface area contributed by atoms with Crippen molar-refractivity contribution in [1.82, 2.24) is 0 Å². The molecule has 0 fully saturated rings. The summed E-state index contributed by atoms with van der Waals surface area (Å²) >= 11 is 0. The second-order valence-electron chi connectivity index (χ2n) is 11.2. The SMILES string of the molecule is O=C1c2cccc3c(-c4ccc(N(c5ccccc5)c5ccccc5)cc4)ccc(c23)N1Cc1cc(C(F)(F)F)cc(C(F)(F)F)c1. The summed E-state index contributed by atoms with van der Waals surface area (Å²) in [5.74, 6) is -0.495. The molecule has 9 heteroatoms. The molecule has 0 atom stereocenters. The Morgan fingerprint density at radius 1 is 0.553 bits per heavy atom. The fourth-order valence-corrected chi connectivity index (χ4v) is 6.14. The van der Waals surface area contributed by atoms with Crippen LogP contribution in [0.5, 0.6) is 0 Å². The lowest BCUT2D eigenvalue weighted by molar-refractivity contribution is -0.143. The summed E-state index contributed by atoms with van der Waals surface area (Å²) in [5.41, 5.74) is 2.23. The fourth-order valence-electron chi connectivity index (χ4n) is 6.14. The first-order chi connectivity index (χ1) is 22.5. The van der Waals surface area contributed by atoms with Gasteiger partial charge < -0.3 is 9.80 Å². The lowest BCUT2D eigenvalue weighted by Crippen LogP contribution is -2.26. The van der Waals surface area contributed by atoms with Crippen LogP contribution in [0, 0.1) is 0 Å². The van der Waals surface area contributed by atoms with E-state index >= 15 is 0 Å². The number of hydrogen-bond acceptors (Lipinski definition) is 2. The quantitative estimate of drug-likeness (QED) is 0.170. The topological polar surface area (TPSA) is 23.6 Å². The maximum absolute atomic E-state index is 13.6. The van der Waals surface area contributed by atoms with Crippen LogP contribution in [0.1, 0.15) is 27.0 Å². The minimum absolute atomic E-state index is 0.0846. The van der Waals surface area contributed by atoms with Crippen molar-refractivity contribution in [2.75, 3.05) is 9.80 Å². The molecule has 0 radical (unpaired) electrons. The molecule has 0 spiro atoms. The number of hydrogen-bond donors (Lipinski definition) is 0. The summed E-state index contributed by atoms with van der Waals surface area (Å²) in [7, 11) is 0. The molecule has 0 N–H and O–H groups in total. The van der Waals surface area contributed by atoms with Gasteiger partial charge in [0, 0.05) is 28.0 Å². The Labute approximate surface area is 265 Å². The van der Waals surface area contributed by atoms with Gasteiger partial charge in [0.2, 0.25) is 0 Å². The maximum Gasteiger partial charge on any atom is 0.416 e. The van der Waals surface area contributed by atoms with Crippen LogP contribution < -0.4 is 9.80 Å². The van der Waals surface area contributed by atoms with E-state index in [4.69, 9.17) is 0 Å². The van der Waals surface area contributed by atoms with Gasteiger partial charge >= 0.3 is 12.4 Å². The number of carbonyl (C=O) groups excluding carboxylic acids is 1. The number of amides is 1. The van der Waals surface area contributed by atoms with E-state index in [-0.39, 0.29) is 11.6 Å². The van der Waals surface area contributed by atoms with Crippen molar-refractivity contribution in [2.24, 2.45) is 0 Å². The lowest BCUT2D eigenvalue weighted by atomic mass is 9.95. The Morgan fingerprint density at radius 3 is 1.66 bits per heavy atom. The number of anilines is 4. The first kappa shape index (κ1) is 30.1.